The number of carboxylic acid groups (broad SMARTS) is 2. The van der Waals surface area contributed by atoms with E-state index in [9.17, 15) is 34.9 Å². The number of aliphatic carboxylic acids is 1. The predicted molar refractivity (Wildman–Crippen MR) is 185 cm³/mol. The minimum atomic E-state index is -1.38. The summed E-state index contributed by atoms with van der Waals surface area (Å²) in [5, 5.41) is 42.3. The van der Waals surface area contributed by atoms with Crippen molar-refractivity contribution in [2.45, 2.75) is 11.8 Å². The van der Waals surface area contributed by atoms with Gasteiger partial charge in [0.1, 0.15) is 0 Å². The lowest BCUT2D eigenvalue weighted by Gasteiger charge is -2.41. The van der Waals surface area contributed by atoms with Gasteiger partial charge in [-0.25, -0.2) is 4.79 Å². The van der Waals surface area contributed by atoms with Gasteiger partial charge in [0.2, 0.25) is 0 Å². The summed E-state index contributed by atoms with van der Waals surface area (Å²) in [4.78, 5) is 42.4. The maximum absolute atomic E-state index is 13.1. The Labute approximate surface area is 280 Å². The van der Waals surface area contributed by atoms with Gasteiger partial charge < -0.3 is 10.2 Å². The number of nitrogens with zero attached hydrogens (tertiary/aromatic N) is 2. The van der Waals surface area contributed by atoms with E-state index in [-0.39, 0.29) is 5.56 Å². The lowest BCUT2D eigenvalue weighted by molar-refractivity contribution is -0.422. The van der Waals surface area contributed by atoms with Crippen LogP contribution in [0.2, 0.25) is 0 Å². The van der Waals surface area contributed by atoms with Crippen molar-refractivity contribution in [2.75, 3.05) is 0 Å². The molecule has 0 fully saturated rings. The zero-order valence-corrected chi connectivity index (χ0v) is 26.0. The number of fused-ring (bicyclic) bond motifs is 1. The molecule has 0 spiro atoms. The minimum Gasteiger partial charge on any atom is -0.481 e. The van der Waals surface area contributed by atoms with Crippen LogP contribution in [0, 0.1) is 26.1 Å². The number of hydrogen-bond donors (Lipinski definition) is 2. The Morgan fingerprint density at radius 1 is 0.571 bits per heavy atom. The van der Waals surface area contributed by atoms with Crippen LogP contribution in [0.1, 0.15) is 32.6 Å². The highest BCUT2D eigenvalue weighted by Crippen LogP contribution is 2.47. The molecule has 0 aliphatic heterocycles. The second-order valence-electron chi connectivity index (χ2n) is 11.2. The Balaban J connectivity index is 0.000000263. The van der Waals surface area contributed by atoms with Gasteiger partial charge in [-0.15, -0.1) is 0 Å². The third kappa shape index (κ3) is 7.18. The average molecular weight is 655 g/mol. The van der Waals surface area contributed by atoms with Gasteiger partial charge in [-0.1, -0.05) is 133 Å². The molecular formula is C39H30N2O8. The smallest absolute Gasteiger partial charge is 0.346 e. The van der Waals surface area contributed by atoms with Crippen LogP contribution in [-0.2, 0) is 16.6 Å². The molecule has 6 aromatic carbocycles. The van der Waals surface area contributed by atoms with Gasteiger partial charge in [0.25, 0.3) is 0 Å². The Morgan fingerprint density at radius 2 is 1.04 bits per heavy atom. The molecule has 10 nitrogen and oxygen atoms in total. The molecule has 1 unspecified atom stereocenters. The van der Waals surface area contributed by atoms with Crippen LogP contribution in [0.3, 0.4) is 0 Å². The van der Waals surface area contributed by atoms with E-state index in [0.29, 0.717) is 12.5 Å². The number of carboxylic acids is 2. The molecule has 1 atom stereocenters. The summed E-state index contributed by atoms with van der Waals surface area (Å²) in [6, 6.07) is 47.0. The molecule has 0 aliphatic carbocycles. The molecule has 2 N–H and O–H groups in total. The van der Waals surface area contributed by atoms with Crippen LogP contribution in [0.15, 0.2) is 152 Å². The van der Waals surface area contributed by atoms with Gasteiger partial charge in [0, 0.05) is 12.1 Å². The first-order valence-corrected chi connectivity index (χ1v) is 15.2. The Kier molecular flexibility index (Phi) is 10.2. The van der Waals surface area contributed by atoms with E-state index in [1.54, 1.807) is 0 Å². The van der Waals surface area contributed by atoms with E-state index in [1.807, 2.05) is 66.7 Å². The van der Waals surface area contributed by atoms with Gasteiger partial charge in [-0.2, -0.15) is 0 Å². The van der Waals surface area contributed by atoms with E-state index in [2.05, 4.69) is 66.7 Å². The molecular weight excluding hydrogens is 624 g/mol. The van der Waals surface area contributed by atoms with Gasteiger partial charge >= 0.3 is 23.3 Å². The van der Waals surface area contributed by atoms with E-state index >= 15 is 0 Å². The van der Waals surface area contributed by atoms with Crippen LogP contribution in [-0.4, -0.2) is 32.0 Å². The number of aromatic carboxylic acids is 1. The number of benzene rings is 6. The van der Waals surface area contributed by atoms with Crippen molar-refractivity contribution in [2.24, 2.45) is 5.92 Å². The van der Waals surface area contributed by atoms with Crippen LogP contribution in [0.4, 0.5) is 11.4 Å². The standard InChI is InChI=1S/C32H26O2.C7H4N2O6/c33-31(34)30(23-24-20-21-25-12-10-11-13-26(25)22-24)32(27-14-4-1-5-15-27,28-16-6-2-7-17-28)29-18-8-3-9-19-29;10-7(11)4-1-2-5(8(12)13)6(3-4)9(14)15/h1-22,30H,23H2,(H,33,34);1-3H,(H,10,11). The first-order chi connectivity index (χ1) is 23.6. The van der Waals surface area contributed by atoms with Crippen molar-refractivity contribution in [1.82, 2.24) is 0 Å². The lowest BCUT2D eigenvalue weighted by Crippen LogP contribution is -2.43. The van der Waals surface area contributed by atoms with Crippen LogP contribution < -0.4 is 0 Å². The highest BCUT2D eigenvalue weighted by Gasteiger charge is 2.47. The largest absolute Gasteiger partial charge is 0.481 e. The quantitative estimate of drug-likeness (QED) is 0.0847. The molecule has 0 saturated heterocycles. The maximum atomic E-state index is 13.1. The van der Waals surface area contributed by atoms with E-state index in [1.165, 1.54) is 0 Å². The van der Waals surface area contributed by atoms with Crippen molar-refractivity contribution in [3.05, 3.63) is 200 Å². The first-order valence-electron chi connectivity index (χ1n) is 15.2. The zero-order chi connectivity index (χ0) is 35.0. The highest BCUT2D eigenvalue weighted by molar-refractivity contribution is 5.89. The summed E-state index contributed by atoms with van der Waals surface area (Å²) in [6.07, 6.45) is 0.402. The van der Waals surface area contributed by atoms with Gasteiger partial charge in [-0.3, -0.25) is 25.0 Å². The number of nitro groups is 2. The lowest BCUT2D eigenvalue weighted by atomic mass is 9.60. The Bertz CT molecular complexity index is 2020. The predicted octanol–water partition coefficient (Wildman–Crippen LogP) is 8.32. The topological polar surface area (TPSA) is 161 Å². The summed E-state index contributed by atoms with van der Waals surface area (Å²) in [7, 11) is 0. The number of nitro benzene ring substituents is 2. The Hall–Kier alpha value is -6.68. The SMILES string of the molecule is O=C(O)C(Cc1ccc2ccccc2c1)C(c1ccccc1)(c1ccccc1)c1ccccc1.O=C(O)c1ccc([N+](=O)[O-])c([N+](=O)[O-])c1. The summed E-state index contributed by atoms with van der Waals surface area (Å²) >= 11 is 0. The summed E-state index contributed by atoms with van der Waals surface area (Å²) in [5.41, 5.74) is 1.14. The number of hydrogen-bond acceptors (Lipinski definition) is 6. The molecule has 10 heteroatoms. The summed E-state index contributed by atoms with van der Waals surface area (Å²) in [6.45, 7) is 0. The normalized spacial score (nSPS) is 11.5. The second kappa shape index (κ2) is 14.8. The van der Waals surface area contributed by atoms with Crippen molar-refractivity contribution < 1.29 is 29.6 Å². The van der Waals surface area contributed by atoms with E-state index < -0.39 is 44.5 Å². The number of carbonyl (C=O) groups is 2. The van der Waals surface area contributed by atoms with Gasteiger partial charge in [0.05, 0.1) is 26.7 Å². The Morgan fingerprint density at radius 3 is 1.49 bits per heavy atom. The van der Waals surface area contributed by atoms with Crippen molar-refractivity contribution >= 4 is 34.1 Å². The fourth-order valence-corrected chi connectivity index (χ4v) is 6.19. The second-order valence-corrected chi connectivity index (χ2v) is 11.2. The first kappa shape index (κ1) is 33.7. The third-order valence-electron chi connectivity index (χ3n) is 8.38. The van der Waals surface area contributed by atoms with Crippen LogP contribution in [0.5, 0.6) is 0 Å². The van der Waals surface area contributed by atoms with Gasteiger partial charge in [0.15, 0.2) is 0 Å². The van der Waals surface area contributed by atoms with Crippen molar-refractivity contribution in [1.29, 1.82) is 0 Å². The van der Waals surface area contributed by atoms with E-state index in [0.717, 1.165) is 45.2 Å². The summed E-state index contributed by atoms with van der Waals surface area (Å²) in [5.74, 6) is -2.92. The average Bonchev–Trinajstić information content (AvgIpc) is 3.12. The van der Waals surface area contributed by atoms with Gasteiger partial charge in [-0.05, 0) is 45.5 Å². The molecule has 0 saturated carbocycles. The van der Waals surface area contributed by atoms with Crippen molar-refractivity contribution in [3.63, 3.8) is 0 Å². The fraction of sp³-hybridized carbons (Fsp3) is 0.0769. The number of rotatable bonds is 10. The van der Waals surface area contributed by atoms with Crippen LogP contribution >= 0.6 is 0 Å². The van der Waals surface area contributed by atoms with Crippen molar-refractivity contribution in [3.8, 4) is 0 Å². The molecule has 6 aromatic rings. The third-order valence-corrected chi connectivity index (χ3v) is 8.38. The van der Waals surface area contributed by atoms with E-state index in [4.69, 9.17) is 5.11 Å². The molecule has 49 heavy (non-hydrogen) atoms. The zero-order valence-electron chi connectivity index (χ0n) is 26.0. The highest BCUT2D eigenvalue weighted by atomic mass is 16.6. The molecule has 0 amide bonds. The fourth-order valence-electron chi connectivity index (χ4n) is 6.19. The monoisotopic (exact) mass is 654 g/mol. The molecule has 0 bridgehead atoms. The minimum absolute atomic E-state index is 0.368. The molecule has 0 heterocycles. The maximum Gasteiger partial charge on any atom is 0.346 e. The molecule has 6 rings (SSSR count). The molecule has 244 valence electrons. The molecule has 0 aromatic heterocycles. The molecule has 0 radical (unpaired) electrons. The van der Waals surface area contributed by atoms with Crippen LogP contribution in [0.25, 0.3) is 10.8 Å². The summed E-state index contributed by atoms with van der Waals surface area (Å²) < 4.78 is 0. The molecule has 0 aliphatic rings.